The van der Waals surface area contributed by atoms with Gasteiger partial charge in [-0.25, -0.2) is 0 Å². The maximum absolute atomic E-state index is 12.6. The zero-order chi connectivity index (χ0) is 17.6. The fourth-order valence-electron chi connectivity index (χ4n) is 2.25. The number of ether oxygens (including phenoxy) is 1. The number of carbonyl (C=O) groups excluding carboxylic acids is 2. The average molecular weight is 444 g/mol. The molecule has 124 valence electrons. The molecule has 0 saturated carbocycles. The molecule has 2 radical (unpaired) electrons. The van der Waals surface area contributed by atoms with Crippen molar-refractivity contribution in [3.63, 3.8) is 0 Å². The van der Waals surface area contributed by atoms with E-state index in [0.717, 1.165) is 14.0 Å². The molecule has 5 nitrogen and oxygen atoms in total. The number of nitrogens with zero attached hydrogens (tertiary/aromatic N) is 2. The molecule has 2 amide bonds. The van der Waals surface area contributed by atoms with Crippen LogP contribution in [0.5, 0.6) is 0 Å². The molecule has 1 aromatic heterocycles. The predicted octanol–water partition coefficient (Wildman–Crippen LogP) is 3.17. The number of amides is 2. The van der Waals surface area contributed by atoms with E-state index >= 15 is 0 Å². The second-order valence-corrected chi connectivity index (χ2v) is 14.5. The van der Waals surface area contributed by atoms with Crippen LogP contribution in [0.25, 0.3) is 0 Å². The standard InChI is InChI=1S/C12H12ClN2O3.C4H9.Sn/c1-12(2,3)18-11(17)15-6-7-4-5-14-9(13)8(7)10(15)16;1-4(2)3;/h5H,6H2,1-3H3;1-3H3;. The van der Waals surface area contributed by atoms with Crippen LogP contribution in [0.3, 0.4) is 0 Å². The Labute approximate surface area is 152 Å². The van der Waals surface area contributed by atoms with Crippen molar-refractivity contribution in [1.82, 2.24) is 9.88 Å². The van der Waals surface area contributed by atoms with Crippen molar-refractivity contribution in [3.05, 3.63) is 22.5 Å². The minimum atomic E-state index is -0.982. The van der Waals surface area contributed by atoms with E-state index in [-0.39, 0.29) is 15.1 Å². The normalized spacial score (nSPS) is 14.9. The third kappa shape index (κ3) is 4.38. The number of rotatable bonds is 1. The molecule has 0 fully saturated rings. The average Bonchev–Trinajstić information content (AvgIpc) is 2.68. The zero-order valence-corrected chi connectivity index (χ0v) is 17.9. The fraction of sp³-hybridized carbons (Fsp3) is 0.562. The van der Waals surface area contributed by atoms with Gasteiger partial charge in [-0.1, -0.05) is 0 Å². The van der Waals surface area contributed by atoms with Crippen LogP contribution in [0.15, 0.2) is 6.20 Å². The van der Waals surface area contributed by atoms with Crippen LogP contribution in [-0.2, 0) is 11.3 Å². The first-order valence-corrected chi connectivity index (χ1v) is 10.6. The number of carbonyl (C=O) groups is 2. The molecule has 0 N–H and O–H groups in total. The van der Waals surface area contributed by atoms with Gasteiger partial charge in [0, 0.05) is 0 Å². The minimum absolute atomic E-state index is 0.160. The van der Waals surface area contributed by atoms with Gasteiger partial charge in [-0.05, 0) is 0 Å². The van der Waals surface area contributed by atoms with E-state index in [0.29, 0.717) is 5.56 Å². The van der Waals surface area contributed by atoms with Gasteiger partial charge in [0.15, 0.2) is 0 Å². The summed E-state index contributed by atoms with van der Waals surface area (Å²) in [6, 6.07) is 0. The van der Waals surface area contributed by atoms with E-state index in [1.165, 1.54) is 0 Å². The molecule has 7 heteroatoms. The Balaban J connectivity index is 2.36. The molecule has 0 unspecified atom stereocenters. The quantitative estimate of drug-likeness (QED) is 0.494. The molecular weight excluding hydrogens is 422 g/mol. The molecule has 0 aromatic carbocycles. The second-order valence-electron chi connectivity index (χ2n) is 7.56. The molecule has 1 aliphatic rings. The molecule has 1 aliphatic heterocycles. The third-order valence-corrected chi connectivity index (χ3v) is 7.46. The van der Waals surface area contributed by atoms with E-state index in [2.05, 4.69) is 25.8 Å². The van der Waals surface area contributed by atoms with E-state index in [1.807, 2.05) is 0 Å². The SMILES string of the molecule is CC(C)(C)OC(=O)N1Cc2[c]([Sn][C](C)(C)C)cnc(Cl)c2C1=O. The number of pyridine rings is 1. The van der Waals surface area contributed by atoms with Crippen LogP contribution in [0, 0.1) is 0 Å². The Hall–Kier alpha value is -0.821. The van der Waals surface area contributed by atoms with E-state index in [9.17, 15) is 9.59 Å². The van der Waals surface area contributed by atoms with E-state index in [1.54, 1.807) is 27.0 Å². The first-order chi connectivity index (χ1) is 10.4. The number of halogens is 1. The van der Waals surface area contributed by atoms with Crippen LogP contribution in [0.1, 0.15) is 57.5 Å². The van der Waals surface area contributed by atoms with Crippen LogP contribution >= 0.6 is 11.6 Å². The summed E-state index contributed by atoms with van der Waals surface area (Å²) in [6.07, 6.45) is 1.13. The van der Waals surface area contributed by atoms with Gasteiger partial charge in [0.05, 0.1) is 0 Å². The van der Waals surface area contributed by atoms with Crippen molar-refractivity contribution in [2.75, 3.05) is 0 Å². The third-order valence-electron chi connectivity index (χ3n) is 3.04. The Morgan fingerprint density at radius 2 is 1.91 bits per heavy atom. The molecule has 0 spiro atoms. The van der Waals surface area contributed by atoms with Crippen molar-refractivity contribution in [2.45, 2.75) is 57.1 Å². The summed E-state index contributed by atoms with van der Waals surface area (Å²) in [5.74, 6) is -0.415. The van der Waals surface area contributed by atoms with Crippen LogP contribution in [-0.4, -0.2) is 48.6 Å². The van der Waals surface area contributed by atoms with Crippen LogP contribution in [0.2, 0.25) is 8.58 Å². The Bertz CT molecular complexity index is 663. The first-order valence-electron chi connectivity index (χ1n) is 7.39. The summed E-state index contributed by atoms with van der Waals surface area (Å²) in [4.78, 5) is 30.1. The zero-order valence-electron chi connectivity index (χ0n) is 14.3. The van der Waals surface area contributed by atoms with Gasteiger partial charge >= 0.3 is 152 Å². The van der Waals surface area contributed by atoms with Crippen molar-refractivity contribution >= 4 is 48.3 Å². The summed E-state index contributed by atoms with van der Waals surface area (Å²) in [6.45, 7) is 12.1. The number of hydrogen-bond donors (Lipinski definition) is 0. The van der Waals surface area contributed by atoms with E-state index in [4.69, 9.17) is 16.3 Å². The Morgan fingerprint density at radius 1 is 1.30 bits per heavy atom. The summed E-state index contributed by atoms with van der Waals surface area (Å²) in [5, 5.41) is 0.160. The van der Waals surface area contributed by atoms with Gasteiger partial charge in [0.1, 0.15) is 0 Å². The van der Waals surface area contributed by atoms with Crippen molar-refractivity contribution in [1.29, 1.82) is 0 Å². The van der Waals surface area contributed by atoms with Crippen LogP contribution in [0.4, 0.5) is 4.79 Å². The maximum atomic E-state index is 12.6. The molecule has 23 heavy (non-hydrogen) atoms. The predicted molar refractivity (Wildman–Crippen MR) is 90.5 cm³/mol. The van der Waals surface area contributed by atoms with E-state index < -0.39 is 38.7 Å². The number of fused-ring (bicyclic) bond motifs is 1. The summed E-state index contributed by atoms with van der Waals surface area (Å²) < 4.78 is 6.63. The second kappa shape index (κ2) is 6.24. The van der Waals surface area contributed by atoms with Gasteiger partial charge in [0.25, 0.3) is 0 Å². The van der Waals surface area contributed by atoms with Gasteiger partial charge in [-0.15, -0.1) is 0 Å². The van der Waals surface area contributed by atoms with Crippen molar-refractivity contribution < 1.29 is 14.3 Å². The Morgan fingerprint density at radius 3 is 2.43 bits per heavy atom. The van der Waals surface area contributed by atoms with Crippen LogP contribution < -0.4 is 3.58 Å². The molecule has 0 bridgehead atoms. The van der Waals surface area contributed by atoms with Gasteiger partial charge in [-0.2, -0.15) is 0 Å². The molecule has 2 heterocycles. The monoisotopic (exact) mass is 444 g/mol. The Kier molecular flexibility index (Phi) is 5.02. The fourth-order valence-corrected chi connectivity index (χ4v) is 6.18. The topological polar surface area (TPSA) is 59.5 Å². The van der Waals surface area contributed by atoms with Crippen molar-refractivity contribution in [3.8, 4) is 0 Å². The number of hydrogen-bond acceptors (Lipinski definition) is 4. The molecule has 0 saturated heterocycles. The first kappa shape index (κ1) is 18.5. The van der Waals surface area contributed by atoms with Gasteiger partial charge < -0.3 is 0 Å². The summed E-state index contributed by atoms with van der Waals surface area (Å²) in [5.41, 5.74) is 0.557. The number of imide groups is 1. The number of aromatic nitrogens is 1. The van der Waals surface area contributed by atoms with Gasteiger partial charge in [-0.3, -0.25) is 0 Å². The summed E-state index contributed by atoms with van der Waals surface area (Å²) in [7, 11) is 0. The molecular formula is C16H21ClN2O3Sn. The molecule has 0 aliphatic carbocycles. The molecule has 0 atom stereocenters. The molecule has 2 rings (SSSR count). The van der Waals surface area contributed by atoms with Gasteiger partial charge in [0.2, 0.25) is 0 Å². The summed E-state index contributed by atoms with van der Waals surface area (Å²) >= 11 is 5.14. The van der Waals surface area contributed by atoms with Crippen molar-refractivity contribution in [2.24, 2.45) is 0 Å². The molecule has 1 aromatic rings.